The second-order valence-corrected chi connectivity index (χ2v) is 5.68. The summed E-state index contributed by atoms with van der Waals surface area (Å²) in [5.41, 5.74) is 1.03. The van der Waals surface area contributed by atoms with Crippen LogP contribution in [0.15, 0.2) is 18.2 Å². The van der Waals surface area contributed by atoms with Crippen LogP contribution in [0.1, 0.15) is 31.2 Å². The lowest BCUT2D eigenvalue weighted by Crippen LogP contribution is -2.36. The highest BCUT2D eigenvalue weighted by Gasteiger charge is 2.35. The zero-order chi connectivity index (χ0) is 17.0. The molecular formula is C16H19F2NO4. The highest BCUT2D eigenvalue weighted by molar-refractivity contribution is 5.95. The highest BCUT2D eigenvalue weighted by atomic mass is 19.3. The van der Waals surface area contributed by atoms with Crippen LogP contribution in [0.25, 0.3) is 0 Å². The lowest BCUT2D eigenvalue weighted by Gasteiger charge is -2.27. The van der Waals surface area contributed by atoms with Gasteiger partial charge < -0.3 is 15.2 Å². The third-order valence-corrected chi connectivity index (χ3v) is 4.10. The van der Waals surface area contributed by atoms with Crippen LogP contribution in [0.4, 0.5) is 14.5 Å². The van der Waals surface area contributed by atoms with E-state index in [0.29, 0.717) is 24.1 Å². The van der Waals surface area contributed by atoms with E-state index in [1.54, 1.807) is 6.92 Å². The summed E-state index contributed by atoms with van der Waals surface area (Å²) in [6.45, 7) is -1.25. The second-order valence-electron chi connectivity index (χ2n) is 5.68. The van der Waals surface area contributed by atoms with Crippen LogP contribution < -0.4 is 10.1 Å². The normalized spacial score (nSPS) is 21.0. The number of nitrogens with one attached hydrogen (secondary N) is 1. The quantitative estimate of drug-likeness (QED) is 0.869. The van der Waals surface area contributed by atoms with Gasteiger partial charge in [-0.2, -0.15) is 8.78 Å². The summed E-state index contributed by atoms with van der Waals surface area (Å²) in [4.78, 5) is 23.6. The predicted octanol–water partition coefficient (Wildman–Crippen LogP) is 3.43. The Bertz CT molecular complexity index is 591. The molecule has 1 saturated carbocycles. The fourth-order valence-electron chi connectivity index (χ4n) is 2.92. The van der Waals surface area contributed by atoms with E-state index in [9.17, 15) is 23.5 Å². The molecule has 1 fully saturated rings. The summed E-state index contributed by atoms with van der Waals surface area (Å²) in [6, 6.07) is 4.21. The molecule has 1 aromatic rings. The van der Waals surface area contributed by atoms with Crippen molar-refractivity contribution in [3.8, 4) is 5.75 Å². The minimum Gasteiger partial charge on any atom is -0.481 e. The van der Waals surface area contributed by atoms with Crippen molar-refractivity contribution >= 4 is 17.6 Å². The molecule has 0 aliphatic heterocycles. The van der Waals surface area contributed by atoms with E-state index in [0.717, 1.165) is 12.8 Å². The van der Waals surface area contributed by atoms with Gasteiger partial charge in [0.2, 0.25) is 5.91 Å². The SMILES string of the molecule is Cc1cc(OC(F)F)ccc1NC(=O)C1CCCCC1C(=O)O. The van der Waals surface area contributed by atoms with Gasteiger partial charge in [-0.25, -0.2) is 0 Å². The molecule has 0 aromatic heterocycles. The average Bonchev–Trinajstić information content (AvgIpc) is 2.49. The Morgan fingerprint density at radius 2 is 1.91 bits per heavy atom. The third kappa shape index (κ3) is 4.40. The van der Waals surface area contributed by atoms with E-state index in [-0.39, 0.29) is 11.7 Å². The van der Waals surface area contributed by atoms with E-state index >= 15 is 0 Å². The Hall–Kier alpha value is -2.18. The largest absolute Gasteiger partial charge is 0.481 e. The summed E-state index contributed by atoms with van der Waals surface area (Å²) in [7, 11) is 0. The number of aliphatic carboxylic acids is 1. The molecule has 2 unspecified atom stereocenters. The average molecular weight is 327 g/mol. The Morgan fingerprint density at radius 3 is 2.48 bits per heavy atom. The summed E-state index contributed by atoms with van der Waals surface area (Å²) >= 11 is 0. The van der Waals surface area contributed by atoms with Gasteiger partial charge in [0.25, 0.3) is 0 Å². The smallest absolute Gasteiger partial charge is 0.387 e. The molecule has 1 aliphatic carbocycles. The number of carbonyl (C=O) groups is 2. The van der Waals surface area contributed by atoms with Gasteiger partial charge in [0.05, 0.1) is 11.8 Å². The molecule has 0 radical (unpaired) electrons. The van der Waals surface area contributed by atoms with Crippen molar-refractivity contribution in [1.82, 2.24) is 0 Å². The maximum Gasteiger partial charge on any atom is 0.387 e. The zero-order valence-electron chi connectivity index (χ0n) is 12.7. The molecule has 0 heterocycles. The number of alkyl halides is 2. The Labute approximate surface area is 132 Å². The van der Waals surface area contributed by atoms with Crippen LogP contribution in [0.5, 0.6) is 5.75 Å². The first-order chi connectivity index (χ1) is 10.9. The van der Waals surface area contributed by atoms with Gasteiger partial charge >= 0.3 is 12.6 Å². The van der Waals surface area contributed by atoms with Crippen LogP contribution in [0.3, 0.4) is 0 Å². The predicted molar refractivity (Wildman–Crippen MR) is 79.5 cm³/mol. The lowest BCUT2D eigenvalue weighted by atomic mass is 9.78. The van der Waals surface area contributed by atoms with Crippen molar-refractivity contribution in [2.45, 2.75) is 39.2 Å². The number of carbonyl (C=O) groups excluding carboxylic acids is 1. The van der Waals surface area contributed by atoms with Crippen LogP contribution in [0, 0.1) is 18.8 Å². The molecule has 1 aliphatic rings. The van der Waals surface area contributed by atoms with E-state index < -0.39 is 24.4 Å². The van der Waals surface area contributed by atoms with Gasteiger partial charge in [-0.1, -0.05) is 12.8 Å². The Kier molecular flexibility index (Phi) is 5.52. The summed E-state index contributed by atoms with van der Waals surface area (Å²) in [5, 5.41) is 11.9. The molecule has 0 spiro atoms. The molecule has 2 N–H and O–H groups in total. The fourth-order valence-corrected chi connectivity index (χ4v) is 2.92. The molecule has 0 bridgehead atoms. The molecule has 126 valence electrons. The van der Waals surface area contributed by atoms with E-state index in [1.165, 1.54) is 18.2 Å². The van der Waals surface area contributed by atoms with Crippen molar-refractivity contribution in [3.05, 3.63) is 23.8 Å². The van der Waals surface area contributed by atoms with Gasteiger partial charge in [0.1, 0.15) is 5.75 Å². The van der Waals surface area contributed by atoms with Crippen molar-refractivity contribution in [3.63, 3.8) is 0 Å². The maximum absolute atomic E-state index is 12.4. The van der Waals surface area contributed by atoms with Crippen LogP contribution >= 0.6 is 0 Å². The molecule has 7 heteroatoms. The number of aryl methyl sites for hydroxylation is 1. The topological polar surface area (TPSA) is 75.6 Å². The Morgan fingerprint density at radius 1 is 1.26 bits per heavy atom. The van der Waals surface area contributed by atoms with Gasteiger partial charge in [0, 0.05) is 5.69 Å². The van der Waals surface area contributed by atoms with Gasteiger partial charge in [-0.05, 0) is 43.5 Å². The lowest BCUT2D eigenvalue weighted by molar-refractivity contribution is -0.147. The van der Waals surface area contributed by atoms with Gasteiger partial charge in [-0.3, -0.25) is 9.59 Å². The van der Waals surface area contributed by atoms with Crippen molar-refractivity contribution in [2.24, 2.45) is 11.8 Å². The van der Waals surface area contributed by atoms with E-state index in [2.05, 4.69) is 10.1 Å². The van der Waals surface area contributed by atoms with E-state index in [1.807, 2.05) is 0 Å². The number of rotatable bonds is 5. The summed E-state index contributed by atoms with van der Waals surface area (Å²) < 4.78 is 28.6. The number of carboxylic acid groups (broad SMARTS) is 1. The van der Waals surface area contributed by atoms with Crippen LogP contribution in [-0.2, 0) is 9.59 Å². The van der Waals surface area contributed by atoms with Crippen molar-refractivity contribution < 1.29 is 28.2 Å². The van der Waals surface area contributed by atoms with Crippen LogP contribution in [-0.4, -0.2) is 23.6 Å². The van der Waals surface area contributed by atoms with Crippen LogP contribution in [0.2, 0.25) is 0 Å². The second kappa shape index (κ2) is 7.39. The molecule has 1 amide bonds. The number of hydrogen-bond acceptors (Lipinski definition) is 3. The summed E-state index contributed by atoms with van der Waals surface area (Å²) in [6.07, 6.45) is 2.66. The number of carboxylic acids is 1. The number of anilines is 1. The maximum atomic E-state index is 12.4. The number of halogens is 2. The third-order valence-electron chi connectivity index (χ3n) is 4.10. The van der Waals surface area contributed by atoms with Gasteiger partial charge in [-0.15, -0.1) is 0 Å². The number of amides is 1. The zero-order valence-corrected chi connectivity index (χ0v) is 12.7. The molecular weight excluding hydrogens is 308 g/mol. The molecule has 2 atom stereocenters. The van der Waals surface area contributed by atoms with E-state index in [4.69, 9.17) is 0 Å². The fraction of sp³-hybridized carbons (Fsp3) is 0.500. The van der Waals surface area contributed by atoms with Crippen molar-refractivity contribution in [1.29, 1.82) is 0 Å². The minimum atomic E-state index is -2.91. The number of hydrogen-bond donors (Lipinski definition) is 2. The summed E-state index contributed by atoms with van der Waals surface area (Å²) in [5.74, 6) is -2.54. The first-order valence-corrected chi connectivity index (χ1v) is 7.47. The number of benzene rings is 1. The Balaban J connectivity index is 2.08. The molecule has 5 nitrogen and oxygen atoms in total. The molecule has 2 rings (SSSR count). The standard InChI is InChI=1S/C16H19F2NO4/c1-9-8-10(23-16(17)18)6-7-13(9)19-14(20)11-4-2-3-5-12(11)15(21)22/h6-8,11-12,16H,2-5H2,1H3,(H,19,20)(H,21,22). The first kappa shape index (κ1) is 17.2. The molecule has 0 saturated heterocycles. The molecule has 1 aromatic carbocycles. The monoisotopic (exact) mass is 327 g/mol. The first-order valence-electron chi connectivity index (χ1n) is 7.47. The van der Waals surface area contributed by atoms with Crippen molar-refractivity contribution in [2.75, 3.05) is 5.32 Å². The minimum absolute atomic E-state index is 0.0107. The highest BCUT2D eigenvalue weighted by Crippen LogP contribution is 2.32. The molecule has 23 heavy (non-hydrogen) atoms. The van der Waals surface area contributed by atoms with Gasteiger partial charge in [0.15, 0.2) is 0 Å². The number of ether oxygens (including phenoxy) is 1.